The van der Waals surface area contributed by atoms with Gasteiger partial charge in [0.1, 0.15) is 11.4 Å². The molecule has 2 aromatic heterocycles. The molecule has 0 bridgehead atoms. The Kier molecular flexibility index (Phi) is 2.79. The highest BCUT2D eigenvalue weighted by Crippen LogP contribution is 2.24. The predicted molar refractivity (Wildman–Crippen MR) is 62.0 cm³/mol. The molecule has 0 amide bonds. The molecule has 0 saturated carbocycles. The molecule has 0 aliphatic rings. The summed E-state index contributed by atoms with van der Waals surface area (Å²) in [6, 6.07) is 0.421. The van der Waals surface area contributed by atoms with Crippen molar-refractivity contribution in [2.24, 2.45) is 0 Å². The maximum absolute atomic E-state index is 4.44. The molecule has 0 fully saturated rings. The third-order valence-electron chi connectivity index (χ3n) is 1.61. The fourth-order valence-corrected chi connectivity index (χ4v) is 2.44. The molecule has 0 radical (unpaired) electrons. The van der Waals surface area contributed by atoms with Crippen LogP contribution in [-0.4, -0.2) is 16.0 Å². The molecule has 2 aromatic rings. The van der Waals surface area contributed by atoms with E-state index in [-0.39, 0.29) is 0 Å². The van der Waals surface area contributed by atoms with Gasteiger partial charge in [0.15, 0.2) is 5.13 Å². The van der Waals surface area contributed by atoms with Crippen LogP contribution in [0.25, 0.3) is 11.4 Å². The summed E-state index contributed by atoms with van der Waals surface area (Å²) in [6.45, 7) is 4.20. The molecule has 0 spiro atoms. The number of nitrogens with one attached hydrogen (secondary N) is 1. The molecule has 0 aromatic carbocycles. The fourth-order valence-electron chi connectivity index (χ4n) is 1.04. The Balaban J connectivity index is 2.18. The minimum Gasteiger partial charge on any atom is -0.359 e. The smallest absolute Gasteiger partial charge is 0.183 e. The molecular formula is C9H11N3S2. The lowest BCUT2D eigenvalue weighted by Gasteiger charge is -2.03. The van der Waals surface area contributed by atoms with Crippen LogP contribution in [-0.2, 0) is 0 Å². The van der Waals surface area contributed by atoms with Crippen molar-refractivity contribution in [1.29, 1.82) is 0 Å². The van der Waals surface area contributed by atoms with Crippen LogP contribution >= 0.6 is 22.7 Å². The van der Waals surface area contributed by atoms with Crippen LogP contribution in [0.5, 0.6) is 0 Å². The molecule has 14 heavy (non-hydrogen) atoms. The summed E-state index contributed by atoms with van der Waals surface area (Å²) in [5.74, 6) is 0. The SMILES string of the molecule is CC(C)Nc1nc(-c2cscn2)cs1. The van der Waals surface area contributed by atoms with Gasteiger partial charge < -0.3 is 5.32 Å². The second-order valence-electron chi connectivity index (χ2n) is 3.21. The average molecular weight is 225 g/mol. The highest BCUT2D eigenvalue weighted by Gasteiger charge is 2.06. The van der Waals surface area contributed by atoms with Crippen LogP contribution in [0.2, 0.25) is 0 Å². The van der Waals surface area contributed by atoms with E-state index in [1.807, 2.05) is 16.3 Å². The fraction of sp³-hybridized carbons (Fsp3) is 0.333. The van der Waals surface area contributed by atoms with Gasteiger partial charge in [-0.1, -0.05) is 0 Å². The summed E-state index contributed by atoms with van der Waals surface area (Å²) in [6.07, 6.45) is 0. The van der Waals surface area contributed by atoms with Gasteiger partial charge in [-0.15, -0.1) is 22.7 Å². The van der Waals surface area contributed by atoms with Crippen molar-refractivity contribution in [2.75, 3.05) is 5.32 Å². The molecule has 2 heterocycles. The highest BCUT2D eigenvalue weighted by molar-refractivity contribution is 7.14. The first kappa shape index (κ1) is 9.61. The molecular weight excluding hydrogens is 214 g/mol. The summed E-state index contributed by atoms with van der Waals surface area (Å²) in [5.41, 5.74) is 3.74. The van der Waals surface area contributed by atoms with E-state index in [1.165, 1.54) is 0 Å². The van der Waals surface area contributed by atoms with E-state index in [2.05, 4.69) is 29.1 Å². The zero-order valence-electron chi connectivity index (χ0n) is 8.02. The average Bonchev–Trinajstić information content (AvgIpc) is 2.69. The monoisotopic (exact) mass is 225 g/mol. The van der Waals surface area contributed by atoms with Crippen molar-refractivity contribution in [3.8, 4) is 11.4 Å². The van der Waals surface area contributed by atoms with Crippen molar-refractivity contribution >= 4 is 27.8 Å². The van der Waals surface area contributed by atoms with E-state index in [4.69, 9.17) is 0 Å². The molecule has 74 valence electrons. The van der Waals surface area contributed by atoms with Crippen LogP contribution < -0.4 is 5.32 Å². The summed E-state index contributed by atoms with van der Waals surface area (Å²) in [5, 5.41) is 8.27. The molecule has 1 N–H and O–H groups in total. The van der Waals surface area contributed by atoms with Gasteiger partial charge in [-0.25, -0.2) is 9.97 Å². The van der Waals surface area contributed by atoms with E-state index in [0.717, 1.165) is 16.5 Å². The second-order valence-corrected chi connectivity index (χ2v) is 4.79. The maximum atomic E-state index is 4.44. The van der Waals surface area contributed by atoms with Crippen LogP contribution in [0.3, 0.4) is 0 Å². The van der Waals surface area contributed by atoms with Crippen molar-refractivity contribution in [3.05, 3.63) is 16.3 Å². The first-order valence-corrected chi connectivity index (χ1v) is 6.18. The molecule has 3 nitrogen and oxygen atoms in total. The number of rotatable bonds is 3. The Morgan fingerprint density at radius 2 is 2.14 bits per heavy atom. The Labute approximate surface area is 90.9 Å². The van der Waals surface area contributed by atoms with Gasteiger partial charge in [-0.3, -0.25) is 0 Å². The summed E-state index contributed by atoms with van der Waals surface area (Å²) in [7, 11) is 0. The van der Waals surface area contributed by atoms with Gasteiger partial charge in [0.2, 0.25) is 0 Å². The Morgan fingerprint density at radius 3 is 2.79 bits per heavy atom. The van der Waals surface area contributed by atoms with Crippen molar-refractivity contribution in [2.45, 2.75) is 19.9 Å². The van der Waals surface area contributed by atoms with Crippen LogP contribution in [0.1, 0.15) is 13.8 Å². The minimum atomic E-state index is 0.421. The molecule has 0 aliphatic heterocycles. The first-order valence-electron chi connectivity index (χ1n) is 4.36. The lowest BCUT2D eigenvalue weighted by atomic mass is 10.4. The van der Waals surface area contributed by atoms with Gasteiger partial charge >= 0.3 is 0 Å². The Morgan fingerprint density at radius 1 is 1.29 bits per heavy atom. The topological polar surface area (TPSA) is 37.8 Å². The zero-order chi connectivity index (χ0) is 9.97. The molecule has 0 unspecified atom stereocenters. The Bertz CT molecular complexity index is 392. The lowest BCUT2D eigenvalue weighted by Crippen LogP contribution is -2.08. The summed E-state index contributed by atoms with van der Waals surface area (Å²) < 4.78 is 0. The number of aromatic nitrogens is 2. The van der Waals surface area contributed by atoms with E-state index in [0.29, 0.717) is 6.04 Å². The van der Waals surface area contributed by atoms with Crippen molar-refractivity contribution in [1.82, 2.24) is 9.97 Å². The normalized spacial score (nSPS) is 10.8. The standard InChI is InChI=1S/C9H11N3S2/c1-6(2)11-9-12-8(4-14-9)7-3-13-5-10-7/h3-6H,1-2H3,(H,11,12). The van der Waals surface area contributed by atoms with E-state index in [9.17, 15) is 0 Å². The van der Waals surface area contributed by atoms with E-state index < -0.39 is 0 Å². The third-order valence-corrected chi connectivity index (χ3v) is 2.97. The third kappa shape index (κ3) is 2.10. The van der Waals surface area contributed by atoms with Crippen LogP contribution in [0.15, 0.2) is 16.3 Å². The van der Waals surface area contributed by atoms with E-state index in [1.54, 1.807) is 22.7 Å². The molecule has 2 rings (SSSR count). The minimum absolute atomic E-state index is 0.421. The number of nitrogens with zero attached hydrogens (tertiary/aromatic N) is 2. The predicted octanol–water partition coefficient (Wildman–Crippen LogP) is 3.09. The van der Waals surface area contributed by atoms with Crippen LogP contribution in [0.4, 0.5) is 5.13 Å². The Hall–Kier alpha value is -0.940. The second kappa shape index (κ2) is 4.06. The first-order chi connectivity index (χ1) is 6.75. The van der Waals surface area contributed by atoms with Gasteiger partial charge in [-0.2, -0.15) is 0 Å². The van der Waals surface area contributed by atoms with Crippen molar-refractivity contribution in [3.63, 3.8) is 0 Å². The maximum Gasteiger partial charge on any atom is 0.183 e. The number of thiazole rings is 2. The molecule has 0 atom stereocenters. The van der Waals surface area contributed by atoms with Gasteiger partial charge in [0.05, 0.1) is 5.51 Å². The lowest BCUT2D eigenvalue weighted by molar-refractivity contribution is 0.896. The molecule has 0 aliphatic carbocycles. The summed E-state index contributed by atoms with van der Waals surface area (Å²) in [4.78, 5) is 8.66. The van der Waals surface area contributed by atoms with Crippen LogP contribution in [0, 0.1) is 0 Å². The number of hydrogen-bond acceptors (Lipinski definition) is 5. The molecule has 5 heteroatoms. The number of anilines is 1. The quantitative estimate of drug-likeness (QED) is 0.872. The number of hydrogen-bond donors (Lipinski definition) is 1. The van der Waals surface area contributed by atoms with Gasteiger partial charge in [0, 0.05) is 16.8 Å². The summed E-state index contributed by atoms with van der Waals surface area (Å²) >= 11 is 3.21. The highest BCUT2D eigenvalue weighted by atomic mass is 32.1. The molecule has 0 saturated heterocycles. The van der Waals surface area contributed by atoms with E-state index >= 15 is 0 Å². The van der Waals surface area contributed by atoms with Crippen molar-refractivity contribution < 1.29 is 0 Å². The zero-order valence-corrected chi connectivity index (χ0v) is 9.65. The largest absolute Gasteiger partial charge is 0.359 e. The van der Waals surface area contributed by atoms with Gasteiger partial charge in [-0.05, 0) is 13.8 Å². The van der Waals surface area contributed by atoms with Gasteiger partial charge in [0.25, 0.3) is 0 Å².